The number of amides is 2. The number of carbonyl (C=O) groups excluding carboxylic acids is 1. The molecule has 0 spiro atoms. The summed E-state index contributed by atoms with van der Waals surface area (Å²) in [6.45, 7) is 8.82. The van der Waals surface area contributed by atoms with Crippen LogP contribution in [0.1, 0.15) is 18.9 Å². The van der Waals surface area contributed by atoms with Crippen molar-refractivity contribution in [1.29, 1.82) is 0 Å². The van der Waals surface area contributed by atoms with Crippen LogP contribution in [0.2, 0.25) is 25.7 Å². The number of carboxylic acid groups (broad SMARTS) is 1. The molecule has 32 heavy (non-hydrogen) atoms. The van der Waals surface area contributed by atoms with Crippen LogP contribution in [0.4, 0.5) is 4.79 Å². The maximum Gasteiger partial charge on any atom is 0.415 e. The van der Waals surface area contributed by atoms with Crippen LogP contribution in [0.25, 0.3) is 0 Å². The van der Waals surface area contributed by atoms with Crippen molar-refractivity contribution in [2.45, 2.75) is 49.3 Å². The molecule has 0 unspecified atom stereocenters. The molecule has 2 aliphatic rings. The number of pyridine rings is 1. The van der Waals surface area contributed by atoms with E-state index in [4.69, 9.17) is 20.2 Å². The molecule has 1 fully saturated rings. The number of ether oxygens (including phenoxy) is 2. The van der Waals surface area contributed by atoms with Gasteiger partial charge in [-0.15, -0.1) is 0 Å². The molecule has 1 aliphatic heterocycles. The first kappa shape index (κ1) is 25.0. The minimum absolute atomic E-state index is 0.172. The average molecular weight is 546 g/mol. The standard InChI is InChI=1S/C20H29BrN4O5SSi/c1-19(13-8-12(21)10-23-15(13)29-2)14-9-20(14,16(22)26)31-17(24-19)25(18(27)28)11-30-6-7-32(3,4)5/h8,10,14H,6-7,9,11H2,1-5H3,(H2,22,26)(H,27,28)/t14-,19+,20-/m0/s1. The number of thioether (sulfide) groups is 1. The van der Waals surface area contributed by atoms with E-state index in [1.54, 1.807) is 6.20 Å². The second-order valence-electron chi connectivity index (χ2n) is 9.42. The van der Waals surface area contributed by atoms with Crippen molar-refractivity contribution in [2.24, 2.45) is 16.6 Å². The topological polar surface area (TPSA) is 127 Å². The Labute approximate surface area is 201 Å². The van der Waals surface area contributed by atoms with Crippen LogP contribution in [0, 0.1) is 5.92 Å². The lowest BCUT2D eigenvalue weighted by Crippen LogP contribution is -2.46. The molecule has 1 saturated carbocycles. The number of primary amides is 1. The summed E-state index contributed by atoms with van der Waals surface area (Å²) in [6.07, 6.45) is 0.887. The Hall–Kier alpha value is -1.63. The van der Waals surface area contributed by atoms with Gasteiger partial charge in [0, 0.05) is 36.8 Å². The Kier molecular flexibility index (Phi) is 7.00. The minimum Gasteiger partial charge on any atom is -0.481 e. The molecule has 1 aromatic rings. The fourth-order valence-corrected chi connectivity index (χ4v) is 6.45. The highest BCUT2D eigenvalue weighted by atomic mass is 79.9. The molecule has 2 heterocycles. The number of halogens is 1. The number of hydrogen-bond acceptors (Lipinski definition) is 7. The number of aromatic nitrogens is 1. The van der Waals surface area contributed by atoms with Gasteiger partial charge >= 0.3 is 6.09 Å². The molecule has 0 aromatic carbocycles. The van der Waals surface area contributed by atoms with Gasteiger partial charge in [-0.05, 0) is 41.4 Å². The summed E-state index contributed by atoms with van der Waals surface area (Å²) in [6, 6.07) is 2.74. The Bertz CT molecular complexity index is 958. The molecule has 1 aromatic heterocycles. The molecular formula is C20H29BrN4O5SSi. The lowest BCUT2D eigenvalue weighted by Gasteiger charge is -2.36. The van der Waals surface area contributed by atoms with E-state index in [9.17, 15) is 14.7 Å². The highest BCUT2D eigenvalue weighted by Gasteiger charge is 2.71. The van der Waals surface area contributed by atoms with Crippen LogP contribution in [0.5, 0.6) is 5.88 Å². The second kappa shape index (κ2) is 8.96. The maximum absolute atomic E-state index is 12.5. The van der Waals surface area contributed by atoms with Gasteiger partial charge < -0.3 is 20.3 Å². The van der Waals surface area contributed by atoms with Gasteiger partial charge in [-0.25, -0.2) is 14.7 Å². The van der Waals surface area contributed by atoms with E-state index in [1.165, 1.54) is 7.11 Å². The van der Waals surface area contributed by atoms with Crippen LogP contribution in [-0.4, -0.2) is 65.4 Å². The second-order valence-corrected chi connectivity index (χ2v) is 17.3. The number of nitrogens with two attached hydrogens (primary N) is 1. The van der Waals surface area contributed by atoms with Crippen molar-refractivity contribution in [3.8, 4) is 5.88 Å². The highest BCUT2D eigenvalue weighted by molar-refractivity contribution is 9.10. The van der Waals surface area contributed by atoms with Crippen molar-refractivity contribution >= 4 is 52.9 Å². The average Bonchev–Trinajstić information content (AvgIpc) is 3.44. The largest absolute Gasteiger partial charge is 0.481 e. The summed E-state index contributed by atoms with van der Waals surface area (Å²) in [4.78, 5) is 34.8. The molecule has 3 N–H and O–H groups in total. The molecule has 0 saturated heterocycles. The molecule has 9 nitrogen and oxygen atoms in total. The van der Waals surface area contributed by atoms with Crippen molar-refractivity contribution in [2.75, 3.05) is 20.4 Å². The summed E-state index contributed by atoms with van der Waals surface area (Å²) in [7, 11) is 0.186. The summed E-state index contributed by atoms with van der Waals surface area (Å²) in [5.41, 5.74) is 5.49. The van der Waals surface area contributed by atoms with E-state index in [0.717, 1.165) is 27.2 Å². The Balaban J connectivity index is 1.99. The first-order chi connectivity index (χ1) is 14.8. The van der Waals surface area contributed by atoms with Gasteiger partial charge in [0.15, 0.2) is 5.17 Å². The van der Waals surface area contributed by atoms with Gasteiger partial charge in [0.1, 0.15) is 11.5 Å². The zero-order valence-electron chi connectivity index (χ0n) is 18.8. The summed E-state index contributed by atoms with van der Waals surface area (Å²) in [5.74, 6) is -0.336. The van der Waals surface area contributed by atoms with Crippen LogP contribution >= 0.6 is 27.7 Å². The molecule has 3 atom stereocenters. The predicted molar refractivity (Wildman–Crippen MR) is 130 cm³/mol. The minimum atomic E-state index is -1.32. The van der Waals surface area contributed by atoms with Gasteiger partial charge in [-0.2, -0.15) is 0 Å². The van der Waals surface area contributed by atoms with E-state index in [0.29, 0.717) is 24.5 Å². The first-order valence-corrected chi connectivity index (χ1v) is 15.5. The third-order valence-corrected chi connectivity index (χ3v) is 9.49. The fourth-order valence-electron chi connectivity index (χ4n) is 3.84. The zero-order chi connectivity index (χ0) is 23.9. The van der Waals surface area contributed by atoms with Crippen LogP contribution in [-0.2, 0) is 15.1 Å². The Morgan fingerprint density at radius 2 is 2.12 bits per heavy atom. The SMILES string of the molecule is COc1ncc(Br)cc1[C@@]1(C)N=C(N(COCC[Si](C)(C)C)C(=O)O)S[C@@]2(C(N)=O)C[C@H]21. The molecular weight excluding hydrogens is 516 g/mol. The third-order valence-electron chi connectivity index (χ3n) is 5.84. The van der Waals surface area contributed by atoms with Gasteiger partial charge in [0.2, 0.25) is 11.8 Å². The van der Waals surface area contributed by atoms with Crippen molar-refractivity contribution in [3.05, 3.63) is 22.3 Å². The highest BCUT2D eigenvalue weighted by Crippen LogP contribution is 2.67. The molecule has 0 bridgehead atoms. The van der Waals surface area contributed by atoms with Crippen molar-refractivity contribution < 1.29 is 24.2 Å². The van der Waals surface area contributed by atoms with Crippen LogP contribution in [0.15, 0.2) is 21.7 Å². The Morgan fingerprint density at radius 1 is 1.44 bits per heavy atom. The van der Waals surface area contributed by atoms with Gasteiger partial charge in [0.25, 0.3) is 0 Å². The van der Waals surface area contributed by atoms with E-state index in [2.05, 4.69) is 40.6 Å². The molecule has 0 radical (unpaired) electrons. The Morgan fingerprint density at radius 3 is 2.69 bits per heavy atom. The number of methoxy groups -OCH3 is 1. The number of aliphatic imine (C=N–C) groups is 1. The fraction of sp³-hybridized carbons (Fsp3) is 0.600. The molecule has 2 amide bonds. The normalized spacial score (nSPS) is 26.7. The molecule has 1 aliphatic carbocycles. The monoisotopic (exact) mass is 544 g/mol. The van der Waals surface area contributed by atoms with Crippen LogP contribution < -0.4 is 10.5 Å². The smallest absolute Gasteiger partial charge is 0.415 e. The summed E-state index contributed by atoms with van der Waals surface area (Å²) < 4.78 is 10.9. The zero-order valence-corrected chi connectivity index (χ0v) is 22.2. The number of rotatable bonds is 8. The summed E-state index contributed by atoms with van der Waals surface area (Å²) in [5, 5.41) is 10.1. The van der Waals surface area contributed by atoms with Crippen molar-refractivity contribution in [3.63, 3.8) is 0 Å². The van der Waals surface area contributed by atoms with E-state index in [1.807, 2.05) is 13.0 Å². The predicted octanol–water partition coefficient (Wildman–Crippen LogP) is 3.71. The molecule has 12 heteroatoms. The number of hydrogen-bond donors (Lipinski definition) is 2. The van der Waals surface area contributed by atoms with Gasteiger partial charge in [0.05, 0.1) is 12.6 Å². The lowest BCUT2D eigenvalue weighted by molar-refractivity contribution is -0.118. The molecule has 176 valence electrons. The van der Waals surface area contributed by atoms with Gasteiger partial charge in [-0.3, -0.25) is 9.79 Å². The molecule has 3 rings (SSSR count). The third kappa shape index (κ3) is 4.82. The van der Waals surface area contributed by atoms with Crippen LogP contribution in [0.3, 0.4) is 0 Å². The quantitative estimate of drug-likeness (QED) is 0.290. The first-order valence-electron chi connectivity index (χ1n) is 10.2. The van der Waals surface area contributed by atoms with E-state index in [-0.39, 0.29) is 17.8 Å². The number of amidine groups is 1. The lowest BCUT2D eigenvalue weighted by atomic mass is 9.86. The van der Waals surface area contributed by atoms with Crippen molar-refractivity contribution in [1.82, 2.24) is 9.88 Å². The van der Waals surface area contributed by atoms with E-state index >= 15 is 0 Å². The van der Waals surface area contributed by atoms with Gasteiger partial charge in [-0.1, -0.05) is 31.4 Å². The summed E-state index contributed by atoms with van der Waals surface area (Å²) >= 11 is 4.54. The maximum atomic E-state index is 12.5. The van der Waals surface area contributed by atoms with E-state index < -0.39 is 30.4 Å². The number of fused-ring (bicyclic) bond motifs is 1. The number of nitrogens with zero attached hydrogens (tertiary/aromatic N) is 3. The number of carbonyl (C=O) groups is 2.